The smallest absolute Gasteiger partial charge is 0.306 e. The van der Waals surface area contributed by atoms with Gasteiger partial charge in [0.1, 0.15) is 30.5 Å². The number of carbonyl (C=O) groups excluding carboxylic acids is 5. The predicted molar refractivity (Wildman–Crippen MR) is 288 cm³/mol. The molecule has 0 aliphatic carbocycles. The van der Waals surface area contributed by atoms with E-state index in [0.29, 0.717) is 25.7 Å². The van der Waals surface area contributed by atoms with Crippen molar-refractivity contribution in [1.82, 2.24) is 26.6 Å². The van der Waals surface area contributed by atoms with Crippen LogP contribution in [0.5, 0.6) is 0 Å². The normalized spacial score (nSPS) is 29.0. The molecule has 4 unspecified atom stereocenters. The lowest BCUT2D eigenvalue weighted by atomic mass is 9.81. The van der Waals surface area contributed by atoms with Crippen molar-refractivity contribution in [3.63, 3.8) is 0 Å². The standard InChI is InChI=1S/C30H53N3O6.C28H52N2O4/c1-18-9-23(10-19(2)31-18)37-26(34)13-22(14-27(35)38-24-11-20(3)32-21(4)12-24)15-28(36)39-25-16-29(5,6)33-30(7,8)17-25;1-25(2)17-21(18-26(3,4)29-25)33-23(31)15-13-11-9-10-12-14-16-24(32)34-22-19-27(5,6)30-28(7,8)20-22/h18-25,31-33H,9-17H2,1-8H3;21-22,29-30H,9-20H2,1-8H3. The Morgan fingerprint density at radius 2 is 0.575 bits per heavy atom. The monoisotopic (exact) mass is 1030 g/mol. The van der Waals surface area contributed by atoms with Crippen molar-refractivity contribution in [2.45, 2.75) is 334 Å². The highest BCUT2D eigenvalue weighted by Crippen LogP contribution is 2.34. The van der Waals surface area contributed by atoms with Gasteiger partial charge in [-0.25, -0.2) is 0 Å². The molecule has 0 aromatic rings. The van der Waals surface area contributed by atoms with Gasteiger partial charge in [-0.05, 0) is 155 Å². The second-order valence-corrected chi connectivity index (χ2v) is 27.4. The molecule has 5 rings (SSSR count). The molecule has 73 heavy (non-hydrogen) atoms. The van der Waals surface area contributed by atoms with Gasteiger partial charge in [0.25, 0.3) is 0 Å². The first-order chi connectivity index (χ1) is 33.6. The summed E-state index contributed by atoms with van der Waals surface area (Å²) in [6.07, 6.45) is 14.2. The van der Waals surface area contributed by atoms with Crippen LogP contribution in [0.3, 0.4) is 0 Å². The molecule has 5 saturated heterocycles. The summed E-state index contributed by atoms with van der Waals surface area (Å²) in [6.45, 7) is 34.1. The number of rotatable bonds is 20. The average molecular weight is 1030 g/mol. The zero-order chi connectivity index (χ0) is 54.6. The zero-order valence-electron chi connectivity index (χ0n) is 48.7. The molecule has 15 nitrogen and oxygen atoms in total. The second kappa shape index (κ2) is 27.0. The van der Waals surface area contributed by atoms with E-state index >= 15 is 0 Å². The van der Waals surface area contributed by atoms with Gasteiger partial charge in [0.2, 0.25) is 0 Å². The zero-order valence-corrected chi connectivity index (χ0v) is 48.7. The highest BCUT2D eigenvalue weighted by atomic mass is 16.6. The molecule has 4 atom stereocenters. The molecule has 0 aromatic carbocycles. The molecule has 5 fully saturated rings. The Hall–Kier alpha value is -2.85. The maximum Gasteiger partial charge on any atom is 0.306 e. The molecule has 5 aliphatic heterocycles. The van der Waals surface area contributed by atoms with Gasteiger partial charge in [0, 0.05) is 128 Å². The van der Waals surface area contributed by atoms with E-state index < -0.39 is 5.92 Å². The van der Waals surface area contributed by atoms with E-state index in [1.54, 1.807) is 0 Å². The molecule has 15 heteroatoms. The lowest BCUT2D eigenvalue weighted by Crippen LogP contribution is -2.59. The lowest BCUT2D eigenvalue weighted by molar-refractivity contribution is -0.159. The maximum absolute atomic E-state index is 13.1. The largest absolute Gasteiger partial charge is 0.462 e. The van der Waals surface area contributed by atoms with Crippen molar-refractivity contribution in [1.29, 1.82) is 0 Å². The fraction of sp³-hybridized carbons (Fsp3) is 0.914. The minimum absolute atomic E-state index is 0.000484. The fourth-order valence-corrected chi connectivity index (χ4v) is 13.5. The summed E-state index contributed by atoms with van der Waals surface area (Å²) in [5, 5.41) is 17.7. The topological polar surface area (TPSA) is 192 Å². The van der Waals surface area contributed by atoms with Crippen LogP contribution in [-0.2, 0) is 47.7 Å². The number of piperidine rings is 5. The van der Waals surface area contributed by atoms with Crippen molar-refractivity contribution in [2.24, 2.45) is 5.92 Å². The van der Waals surface area contributed by atoms with Crippen molar-refractivity contribution < 1.29 is 47.7 Å². The summed E-state index contributed by atoms with van der Waals surface area (Å²) >= 11 is 0. The van der Waals surface area contributed by atoms with E-state index in [4.69, 9.17) is 23.7 Å². The average Bonchev–Trinajstić information content (AvgIpc) is 3.14. The molecule has 422 valence electrons. The Balaban J connectivity index is 0.000000320. The quantitative estimate of drug-likeness (QED) is 0.0440. The third-order valence-electron chi connectivity index (χ3n) is 14.9. The summed E-state index contributed by atoms with van der Waals surface area (Å²) in [6, 6.07) is 1.06. The lowest BCUT2D eigenvalue weighted by Gasteiger charge is -2.46. The van der Waals surface area contributed by atoms with Crippen LogP contribution in [0.15, 0.2) is 0 Å². The van der Waals surface area contributed by atoms with Crippen molar-refractivity contribution in [2.75, 3.05) is 0 Å². The highest BCUT2D eigenvalue weighted by Gasteiger charge is 2.42. The first-order valence-corrected chi connectivity index (χ1v) is 28.5. The van der Waals surface area contributed by atoms with Crippen molar-refractivity contribution in [3.05, 3.63) is 0 Å². The van der Waals surface area contributed by atoms with Gasteiger partial charge in [-0.2, -0.15) is 0 Å². The van der Waals surface area contributed by atoms with Gasteiger partial charge in [0.05, 0.1) is 0 Å². The van der Waals surface area contributed by atoms with E-state index in [0.717, 1.165) is 89.9 Å². The van der Waals surface area contributed by atoms with Gasteiger partial charge in [0.15, 0.2) is 0 Å². The van der Waals surface area contributed by atoms with Gasteiger partial charge < -0.3 is 50.3 Å². The van der Waals surface area contributed by atoms with Crippen LogP contribution >= 0.6 is 0 Å². The number of hydrogen-bond donors (Lipinski definition) is 5. The fourth-order valence-electron chi connectivity index (χ4n) is 13.5. The molecule has 0 bridgehead atoms. The Bertz CT molecular complexity index is 1630. The maximum atomic E-state index is 13.1. The first kappa shape index (κ1) is 62.7. The predicted octanol–water partition coefficient (Wildman–Crippen LogP) is 9.58. The molecular formula is C58H105N5O10. The summed E-state index contributed by atoms with van der Waals surface area (Å²) in [4.78, 5) is 63.6. The minimum atomic E-state index is -0.534. The number of nitrogens with one attached hydrogen (secondary N) is 5. The van der Waals surface area contributed by atoms with Gasteiger partial charge >= 0.3 is 29.8 Å². The van der Waals surface area contributed by atoms with Crippen molar-refractivity contribution in [3.8, 4) is 0 Å². The summed E-state index contributed by atoms with van der Waals surface area (Å²) in [7, 11) is 0. The SMILES string of the molecule is CC1(C)CC(OC(=O)CCCCCCCCC(=O)OC2CC(C)(C)NC(C)(C)C2)CC(C)(C)N1.CC1CC(OC(=O)CC(CC(=O)OC2CC(C)NC(C)C2)CC(=O)OC2CC(C)(C)NC(C)(C)C2)CC(C)N1. The molecule has 5 N–H and O–H groups in total. The third-order valence-corrected chi connectivity index (χ3v) is 14.9. The van der Waals surface area contributed by atoms with Gasteiger partial charge in [-0.3, -0.25) is 24.0 Å². The number of esters is 5. The van der Waals surface area contributed by atoms with Crippen LogP contribution in [0.25, 0.3) is 0 Å². The van der Waals surface area contributed by atoms with Crippen LogP contribution in [0.4, 0.5) is 0 Å². The van der Waals surface area contributed by atoms with Crippen LogP contribution in [-0.4, -0.2) is 118 Å². The summed E-state index contributed by atoms with van der Waals surface area (Å²) in [5.74, 6) is -1.79. The molecule has 0 aromatic heterocycles. The number of hydrogen-bond acceptors (Lipinski definition) is 15. The Labute approximate surface area is 442 Å². The van der Waals surface area contributed by atoms with E-state index in [2.05, 4.69) is 137 Å². The Morgan fingerprint density at radius 1 is 0.356 bits per heavy atom. The minimum Gasteiger partial charge on any atom is -0.462 e. The Morgan fingerprint density at radius 3 is 0.836 bits per heavy atom. The molecule has 5 heterocycles. The van der Waals surface area contributed by atoms with E-state index in [-0.39, 0.29) is 137 Å². The first-order valence-electron chi connectivity index (χ1n) is 28.5. The van der Waals surface area contributed by atoms with E-state index in [9.17, 15) is 24.0 Å². The second-order valence-electron chi connectivity index (χ2n) is 27.4. The molecule has 0 spiro atoms. The van der Waals surface area contributed by atoms with Crippen molar-refractivity contribution >= 4 is 29.8 Å². The summed E-state index contributed by atoms with van der Waals surface area (Å²) in [5.41, 5.74) is -0.377. The summed E-state index contributed by atoms with van der Waals surface area (Å²) < 4.78 is 29.1. The van der Waals surface area contributed by atoms with Crippen LogP contribution in [0.2, 0.25) is 0 Å². The van der Waals surface area contributed by atoms with Crippen LogP contribution in [0, 0.1) is 5.92 Å². The van der Waals surface area contributed by atoms with Crippen LogP contribution in [0.1, 0.15) is 246 Å². The molecular weight excluding hydrogens is 927 g/mol. The number of unbranched alkanes of at least 4 members (excludes halogenated alkanes) is 5. The third kappa shape index (κ3) is 24.8. The van der Waals surface area contributed by atoms with Gasteiger partial charge in [-0.15, -0.1) is 0 Å². The Kier molecular flexibility index (Phi) is 23.1. The van der Waals surface area contributed by atoms with Gasteiger partial charge in [-0.1, -0.05) is 25.7 Å². The van der Waals surface area contributed by atoms with Crippen LogP contribution < -0.4 is 26.6 Å². The number of ether oxygens (including phenoxy) is 5. The molecule has 5 aliphatic rings. The van der Waals surface area contributed by atoms with E-state index in [1.165, 1.54) is 0 Å². The molecule has 0 saturated carbocycles. The number of carbonyl (C=O) groups is 5. The van der Waals surface area contributed by atoms with E-state index in [1.807, 2.05) is 0 Å². The molecule has 0 amide bonds. The molecule has 0 radical (unpaired) electrons. The highest BCUT2D eigenvalue weighted by molar-refractivity contribution is 5.77.